The van der Waals surface area contributed by atoms with Crippen molar-refractivity contribution < 1.29 is 28.9 Å². The standard InChI is InChI=1S/C24H36N2O6/c1-7-19(15-18-11-9-8-10-12-18)21(27)31-32-23(29)26-16(2)13-20(14-17(26)3)25-22(28)30-24(4,5)6/h8-12,16-17,19-20H,7,13-15H2,1-6H3,(H,25,28)/t16-,17?,19?,20?/m0/s1. The summed E-state index contributed by atoms with van der Waals surface area (Å²) in [6.45, 7) is 11.0. The van der Waals surface area contributed by atoms with E-state index in [0.29, 0.717) is 25.7 Å². The molecule has 3 unspecified atom stereocenters. The number of piperidine rings is 1. The molecule has 1 aromatic rings. The second kappa shape index (κ2) is 11.2. The molecular formula is C24H36N2O6. The molecule has 0 saturated carbocycles. The van der Waals surface area contributed by atoms with Crippen LogP contribution < -0.4 is 5.32 Å². The van der Waals surface area contributed by atoms with Crippen LogP contribution in [0.1, 0.15) is 66.4 Å². The van der Waals surface area contributed by atoms with Gasteiger partial charge in [-0.1, -0.05) is 37.3 Å². The number of hydrogen-bond acceptors (Lipinski definition) is 6. The van der Waals surface area contributed by atoms with Gasteiger partial charge in [-0.25, -0.2) is 24.2 Å². The summed E-state index contributed by atoms with van der Waals surface area (Å²) in [6.07, 6.45) is 0.984. The number of carbonyl (C=O) groups excluding carboxylic acids is 3. The van der Waals surface area contributed by atoms with Crippen molar-refractivity contribution in [1.82, 2.24) is 10.2 Å². The molecule has 2 rings (SSSR count). The lowest BCUT2D eigenvalue weighted by Crippen LogP contribution is -2.55. The highest BCUT2D eigenvalue weighted by atomic mass is 17.2. The summed E-state index contributed by atoms with van der Waals surface area (Å²) in [5.74, 6) is -0.963. The fourth-order valence-corrected chi connectivity index (χ4v) is 4.01. The van der Waals surface area contributed by atoms with Crippen LogP contribution in [0.25, 0.3) is 0 Å². The normalized spacial score (nSPS) is 21.9. The average Bonchev–Trinajstić information content (AvgIpc) is 2.69. The van der Waals surface area contributed by atoms with Gasteiger partial charge in [-0.3, -0.25) is 4.90 Å². The zero-order valence-electron chi connectivity index (χ0n) is 19.9. The minimum Gasteiger partial charge on any atom is -0.444 e. The topological polar surface area (TPSA) is 94.2 Å². The number of nitrogens with one attached hydrogen (secondary N) is 1. The van der Waals surface area contributed by atoms with E-state index in [4.69, 9.17) is 14.5 Å². The quantitative estimate of drug-likeness (QED) is 0.522. The third kappa shape index (κ3) is 7.73. The Morgan fingerprint density at radius 1 is 1.06 bits per heavy atom. The Labute approximate surface area is 190 Å². The van der Waals surface area contributed by atoms with Crippen LogP contribution >= 0.6 is 0 Å². The molecule has 0 bridgehead atoms. The van der Waals surface area contributed by atoms with Gasteiger partial charge in [0.1, 0.15) is 5.60 Å². The Bertz CT molecular complexity index is 764. The number of ether oxygens (including phenoxy) is 1. The molecule has 4 atom stereocenters. The molecule has 32 heavy (non-hydrogen) atoms. The smallest absolute Gasteiger partial charge is 0.444 e. The number of carbonyl (C=O) groups is 3. The summed E-state index contributed by atoms with van der Waals surface area (Å²) >= 11 is 0. The van der Waals surface area contributed by atoms with Crippen LogP contribution in [0.15, 0.2) is 30.3 Å². The summed E-state index contributed by atoms with van der Waals surface area (Å²) < 4.78 is 5.31. The maximum Gasteiger partial charge on any atom is 0.453 e. The van der Waals surface area contributed by atoms with Crippen LogP contribution in [0.2, 0.25) is 0 Å². The Morgan fingerprint density at radius 2 is 1.66 bits per heavy atom. The molecule has 1 aromatic carbocycles. The molecule has 2 amide bonds. The summed E-state index contributed by atoms with van der Waals surface area (Å²) in [6, 6.07) is 9.08. The largest absolute Gasteiger partial charge is 0.453 e. The van der Waals surface area contributed by atoms with Crippen LogP contribution in [-0.2, 0) is 25.7 Å². The van der Waals surface area contributed by atoms with Crippen molar-refractivity contribution in [2.45, 2.75) is 91.0 Å². The lowest BCUT2D eigenvalue weighted by molar-refractivity contribution is -0.244. The third-order valence-electron chi connectivity index (χ3n) is 5.48. The van der Waals surface area contributed by atoms with Crippen LogP contribution in [0.3, 0.4) is 0 Å². The molecule has 8 heteroatoms. The first kappa shape index (κ1) is 25.5. The predicted molar refractivity (Wildman–Crippen MR) is 120 cm³/mol. The Kier molecular flexibility index (Phi) is 8.92. The van der Waals surface area contributed by atoms with Gasteiger partial charge in [0.05, 0.1) is 5.92 Å². The van der Waals surface area contributed by atoms with Crippen molar-refractivity contribution in [3.8, 4) is 0 Å². The second-order valence-corrected chi connectivity index (χ2v) is 9.47. The van der Waals surface area contributed by atoms with Crippen molar-refractivity contribution in [3.63, 3.8) is 0 Å². The highest BCUT2D eigenvalue weighted by Gasteiger charge is 2.37. The summed E-state index contributed by atoms with van der Waals surface area (Å²) in [7, 11) is 0. The minimum absolute atomic E-state index is 0.128. The first-order chi connectivity index (χ1) is 15.0. The maximum atomic E-state index is 12.6. The number of hydrogen-bond donors (Lipinski definition) is 1. The van der Waals surface area contributed by atoms with Gasteiger partial charge in [-0.15, -0.1) is 0 Å². The van der Waals surface area contributed by atoms with Crippen LogP contribution in [0, 0.1) is 5.92 Å². The summed E-state index contributed by atoms with van der Waals surface area (Å²) in [5.41, 5.74) is 0.441. The summed E-state index contributed by atoms with van der Waals surface area (Å²) in [4.78, 5) is 48.5. The van der Waals surface area contributed by atoms with Gasteiger partial charge in [0, 0.05) is 18.1 Å². The molecule has 1 saturated heterocycles. The Hall–Kier alpha value is -2.77. The molecule has 1 N–H and O–H groups in total. The van der Waals surface area contributed by atoms with Crippen molar-refractivity contribution in [1.29, 1.82) is 0 Å². The van der Waals surface area contributed by atoms with Crippen molar-refractivity contribution in [2.75, 3.05) is 0 Å². The molecule has 1 heterocycles. The first-order valence-electron chi connectivity index (χ1n) is 11.2. The van der Waals surface area contributed by atoms with Gasteiger partial charge >= 0.3 is 18.2 Å². The zero-order chi connectivity index (χ0) is 23.9. The van der Waals surface area contributed by atoms with E-state index in [0.717, 1.165) is 5.56 Å². The van der Waals surface area contributed by atoms with E-state index in [1.54, 1.807) is 25.7 Å². The number of benzene rings is 1. The molecular weight excluding hydrogens is 412 g/mol. The van der Waals surface area contributed by atoms with Crippen molar-refractivity contribution in [3.05, 3.63) is 35.9 Å². The second-order valence-electron chi connectivity index (χ2n) is 9.47. The van der Waals surface area contributed by atoms with E-state index in [1.165, 1.54) is 0 Å². The molecule has 1 fully saturated rings. The van der Waals surface area contributed by atoms with Crippen molar-refractivity contribution in [2.24, 2.45) is 5.92 Å². The van der Waals surface area contributed by atoms with E-state index in [-0.39, 0.29) is 18.1 Å². The van der Waals surface area contributed by atoms with Crippen molar-refractivity contribution >= 4 is 18.2 Å². The minimum atomic E-state index is -0.705. The monoisotopic (exact) mass is 448 g/mol. The van der Waals surface area contributed by atoms with E-state index < -0.39 is 29.7 Å². The Morgan fingerprint density at radius 3 is 2.19 bits per heavy atom. The molecule has 0 radical (unpaired) electrons. The van der Waals surface area contributed by atoms with Gasteiger partial charge in [0.25, 0.3) is 0 Å². The predicted octanol–water partition coefficient (Wildman–Crippen LogP) is 4.62. The van der Waals surface area contributed by atoms with E-state index in [2.05, 4.69) is 5.32 Å². The van der Waals surface area contributed by atoms with Gasteiger partial charge in [-0.2, -0.15) is 0 Å². The zero-order valence-corrected chi connectivity index (χ0v) is 19.9. The SMILES string of the molecule is CCC(Cc1ccccc1)C(=O)OOC(=O)N1C(C)CC(NC(=O)OC(C)(C)C)C[C@@H]1C. The van der Waals surface area contributed by atoms with Gasteiger partial charge in [0.15, 0.2) is 0 Å². The third-order valence-corrected chi connectivity index (χ3v) is 5.48. The number of rotatable bonds is 5. The fraction of sp³-hybridized carbons (Fsp3) is 0.625. The van der Waals surface area contributed by atoms with Gasteiger partial charge in [0.2, 0.25) is 0 Å². The fourth-order valence-electron chi connectivity index (χ4n) is 4.01. The lowest BCUT2D eigenvalue weighted by atomic mass is 9.93. The number of alkyl carbamates (subject to hydrolysis) is 1. The molecule has 0 aliphatic carbocycles. The van der Waals surface area contributed by atoms with E-state index in [9.17, 15) is 14.4 Å². The first-order valence-corrected chi connectivity index (χ1v) is 11.2. The number of nitrogens with zero attached hydrogens (tertiary/aromatic N) is 1. The van der Waals surface area contributed by atoms with Crippen LogP contribution in [0.4, 0.5) is 9.59 Å². The maximum absolute atomic E-state index is 12.6. The number of amides is 2. The highest BCUT2D eigenvalue weighted by Crippen LogP contribution is 2.25. The van der Waals surface area contributed by atoms with E-state index >= 15 is 0 Å². The molecule has 8 nitrogen and oxygen atoms in total. The average molecular weight is 449 g/mol. The Balaban J connectivity index is 1.86. The van der Waals surface area contributed by atoms with Crippen LogP contribution in [-0.4, -0.2) is 46.8 Å². The molecule has 1 aliphatic heterocycles. The molecule has 0 aromatic heterocycles. The molecule has 0 spiro atoms. The number of likely N-dealkylation sites (tertiary alicyclic amines) is 1. The summed E-state index contributed by atoms with van der Waals surface area (Å²) in [5, 5.41) is 2.87. The molecule has 1 aliphatic rings. The lowest BCUT2D eigenvalue weighted by Gasteiger charge is -2.41. The van der Waals surface area contributed by atoms with Crippen LogP contribution in [0.5, 0.6) is 0 Å². The van der Waals surface area contributed by atoms with E-state index in [1.807, 2.05) is 51.1 Å². The highest BCUT2D eigenvalue weighted by molar-refractivity contribution is 5.74. The molecule has 178 valence electrons. The van der Waals surface area contributed by atoms with Gasteiger partial charge < -0.3 is 10.1 Å². The van der Waals surface area contributed by atoms with Gasteiger partial charge in [-0.05, 0) is 65.9 Å².